The summed E-state index contributed by atoms with van der Waals surface area (Å²) in [5.41, 5.74) is 3.47. The summed E-state index contributed by atoms with van der Waals surface area (Å²) >= 11 is 5.86. The zero-order chi connectivity index (χ0) is 16.6. The van der Waals surface area contributed by atoms with E-state index in [1.54, 1.807) is 12.1 Å². The summed E-state index contributed by atoms with van der Waals surface area (Å²) in [4.78, 5) is 13.7. The maximum Gasteiger partial charge on any atom is 0.204 e. The first-order valence-electron chi connectivity index (χ1n) is 7.15. The highest BCUT2D eigenvalue weighted by Gasteiger charge is 2.16. The van der Waals surface area contributed by atoms with E-state index in [-0.39, 0.29) is 12.3 Å². The Bertz CT molecular complexity index is 863. The zero-order valence-electron chi connectivity index (χ0n) is 13.1. The second-order valence-corrected chi connectivity index (χ2v) is 5.85. The molecular formula is C16H16ClN5O. The summed E-state index contributed by atoms with van der Waals surface area (Å²) < 4.78 is 1.99. The summed E-state index contributed by atoms with van der Waals surface area (Å²) in [6.45, 7) is 3.95. The maximum atomic E-state index is 12.4. The number of ketones is 1. The molecule has 118 valence electrons. The number of carbonyl (C=O) groups excluding carboxylic acids is 1. The van der Waals surface area contributed by atoms with Gasteiger partial charge in [-0.1, -0.05) is 11.6 Å². The van der Waals surface area contributed by atoms with E-state index in [0.717, 1.165) is 17.0 Å². The van der Waals surface area contributed by atoms with Crippen LogP contribution in [-0.4, -0.2) is 30.6 Å². The molecule has 7 heteroatoms. The van der Waals surface area contributed by atoms with Crippen LogP contribution in [0.4, 0.5) is 0 Å². The van der Waals surface area contributed by atoms with Crippen LogP contribution in [0.3, 0.4) is 0 Å². The number of tetrazole rings is 1. The third kappa shape index (κ3) is 3.03. The fourth-order valence-corrected chi connectivity index (χ4v) is 2.50. The number of rotatable bonds is 4. The largest absolute Gasteiger partial charge is 0.351 e. The van der Waals surface area contributed by atoms with Gasteiger partial charge in [-0.05, 0) is 49.4 Å². The van der Waals surface area contributed by atoms with E-state index in [1.165, 1.54) is 4.80 Å². The van der Waals surface area contributed by atoms with Crippen LogP contribution in [0.25, 0.3) is 11.4 Å². The summed E-state index contributed by atoms with van der Waals surface area (Å²) in [6, 6.07) is 9.04. The van der Waals surface area contributed by atoms with Crippen LogP contribution in [0.15, 0.2) is 30.3 Å². The standard InChI is InChI=1S/C16H16ClN5O/c1-10-8-14(11(2)21(10)3)15(23)9-22-19-16(18-20-22)12-4-6-13(17)7-5-12/h4-8H,9H2,1-3H3. The molecule has 0 aliphatic heterocycles. The van der Waals surface area contributed by atoms with E-state index in [2.05, 4.69) is 15.4 Å². The summed E-state index contributed by atoms with van der Waals surface area (Å²) in [5, 5.41) is 12.8. The Kier molecular flexibility index (Phi) is 4.00. The van der Waals surface area contributed by atoms with Gasteiger partial charge in [0.15, 0.2) is 5.78 Å². The molecule has 6 nitrogen and oxygen atoms in total. The first-order chi connectivity index (χ1) is 11.0. The smallest absolute Gasteiger partial charge is 0.204 e. The van der Waals surface area contributed by atoms with Gasteiger partial charge in [0.1, 0.15) is 6.54 Å². The molecule has 0 saturated heterocycles. The van der Waals surface area contributed by atoms with Crippen molar-refractivity contribution >= 4 is 17.4 Å². The Morgan fingerprint density at radius 1 is 1.22 bits per heavy atom. The molecule has 0 radical (unpaired) electrons. The lowest BCUT2D eigenvalue weighted by atomic mass is 10.1. The number of nitrogens with zero attached hydrogens (tertiary/aromatic N) is 5. The van der Waals surface area contributed by atoms with Gasteiger partial charge in [0.25, 0.3) is 0 Å². The predicted molar refractivity (Wildman–Crippen MR) is 87.5 cm³/mol. The van der Waals surface area contributed by atoms with Gasteiger partial charge in [0.2, 0.25) is 5.82 Å². The van der Waals surface area contributed by atoms with Crippen LogP contribution in [0, 0.1) is 13.8 Å². The number of hydrogen-bond acceptors (Lipinski definition) is 4. The minimum absolute atomic E-state index is 0.0359. The molecule has 1 aromatic carbocycles. The van der Waals surface area contributed by atoms with Gasteiger partial charge in [-0.15, -0.1) is 10.2 Å². The van der Waals surface area contributed by atoms with Crippen molar-refractivity contribution in [3.05, 3.63) is 52.3 Å². The van der Waals surface area contributed by atoms with Crippen molar-refractivity contribution in [3.8, 4) is 11.4 Å². The van der Waals surface area contributed by atoms with Gasteiger partial charge >= 0.3 is 0 Å². The van der Waals surface area contributed by atoms with Crippen molar-refractivity contribution in [2.24, 2.45) is 7.05 Å². The van der Waals surface area contributed by atoms with Gasteiger partial charge in [-0.2, -0.15) is 4.80 Å². The lowest BCUT2D eigenvalue weighted by Crippen LogP contribution is -2.14. The van der Waals surface area contributed by atoms with Crippen LogP contribution in [0.2, 0.25) is 5.02 Å². The molecule has 0 atom stereocenters. The lowest BCUT2D eigenvalue weighted by Gasteiger charge is -2.01. The summed E-state index contributed by atoms with van der Waals surface area (Å²) in [6.07, 6.45) is 0. The quantitative estimate of drug-likeness (QED) is 0.690. The maximum absolute atomic E-state index is 12.4. The first kappa shape index (κ1) is 15.4. The highest BCUT2D eigenvalue weighted by Crippen LogP contribution is 2.18. The summed E-state index contributed by atoms with van der Waals surface area (Å²) in [7, 11) is 1.94. The van der Waals surface area contributed by atoms with Crippen LogP contribution in [-0.2, 0) is 13.6 Å². The van der Waals surface area contributed by atoms with Gasteiger partial charge in [-0.3, -0.25) is 4.79 Å². The molecule has 3 aromatic rings. The zero-order valence-corrected chi connectivity index (χ0v) is 13.9. The number of benzene rings is 1. The van der Waals surface area contributed by atoms with Crippen LogP contribution in [0.5, 0.6) is 0 Å². The number of aromatic nitrogens is 5. The molecule has 2 heterocycles. The fraction of sp³-hybridized carbons (Fsp3) is 0.250. The average molecular weight is 330 g/mol. The minimum Gasteiger partial charge on any atom is -0.351 e. The SMILES string of the molecule is Cc1cc(C(=O)Cn2nnc(-c3ccc(Cl)cc3)n2)c(C)n1C. The highest BCUT2D eigenvalue weighted by atomic mass is 35.5. The predicted octanol–water partition coefficient (Wildman–Crippen LogP) is 2.83. The normalized spacial score (nSPS) is 11.0. The molecule has 0 saturated carbocycles. The molecule has 3 rings (SSSR count). The van der Waals surface area contributed by atoms with Gasteiger partial charge in [0, 0.05) is 34.6 Å². The second-order valence-electron chi connectivity index (χ2n) is 5.42. The molecule has 0 fully saturated rings. The molecule has 0 unspecified atom stereocenters. The fourth-order valence-electron chi connectivity index (χ4n) is 2.38. The molecule has 0 N–H and O–H groups in total. The van der Waals surface area contributed by atoms with Crippen LogP contribution in [0.1, 0.15) is 21.7 Å². The molecule has 0 amide bonds. The third-order valence-corrected chi connectivity index (χ3v) is 4.17. The molecule has 23 heavy (non-hydrogen) atoms. The van der Waals surface area contributed by atoms with E-state index in [0.29, 0.717) is 16.4 Å². The molecule has 0 spiro atoms. The number of halogens is 1. The topological polar surface area (TPSA) is 65.6 Å². The van der Waals surface area contributed by atoms with E-state index in [9.17, 15) is 4.79 Å². The molecule has 0 aliphatic rings. The van der Waals surface area contributed by atoms with E-state index < -0.39 is 0 Å². The van der Waals surface area contributed by atoms with Gasteiger partial charge in [0.05, 0.1) is 0 Å². The Labute approximate surface area is 138 Å². The Balaban J connectivity index is 1.80. The minimum atomic E-state index is -0.0359. The second kappa shape index (κ2) is 5.96. The Morgan fingerprint density at radius 2 is 1.91 bits per heavy atom. The van der Waals surface area contributed by atoms with E-state index in [1.807, 2.05) is 43.7 Å². The van der Waals surface area contributed by atoms with Crippen molar-refractivity contribution in [2.45, 2.75) is 20.4 Å². The molecule has 0 bridgehead atoms. The molecular weight excluding hydrogens is 314 g/mol. The van der Waals surface area contributed by atoms with Crippen molar-refractivity contribution in [3.63, 3.8) is 0 Å². The lowest BCUT2D eigenvalue weighted by molar-refractivity contribution is 0.0960. The first-order valence-corrected chi connectivity index (χ1v) is 7.53. The van der Waals surface area contributed by atoms with Crippen molar-refractivity contribution in [1.82, 2.24) is 24.8 Å². The van der Waals surface area contributed by atoms with E-state index in [4.69, 9.17) is 11.6 Å². The van der Waals surface area contributed by atoms with Crippen molar-refractivity contribution in [2.75, 3.05) is 0 Å². The third-order valence-electron chi connectivity index (χ3n) is 3.92. The van der Waals surface area contributed by atoms with Crippen molar-refractivity contribution in [1.29, 1.82) is 0 Å². The Hall–Kier alpha value is -2.47. The molecule has 2 aromatic heterocycles. The number of carbonyl (C=O) groups is 1. The number of Topliss-reactive ketones (excluding diaryl/α,β-unsaturated/α-hetero) is 1. The molecule has 0 aliphatic carbocycles. The highest BCUT2D eigenvalue weighted by molar-refractivity contribution is 6.30. The summed E-state index contributed by atoms with van der Waals surface area (Å²) in [5.74, 6) is 0.432. The number of aryl methyl sites for hydroxylation is 1. The number of hydrogen-bond donors (Lipinski definition) is 0. The van der Waals surface area contributed by atoms with E-state index >= 15 is 0 Å². The van der Waals surface area contributed by atoms with Crippen LogP contribution >= 0.6 is 11.6 Å². The van der Waals surface area contributed by atoms with Gasteiger partial charge < -0.3 is 4.57 Å². The van der Waals surface area contributed by atoms with Crippen LogP contribution < -0.4 is 0 Å². The Morgan fingerprint density at radius 3 is 2.52 bits per heavy atom. The monoisotopic (exact) mass is 329 g/mol. The van der Waals surface area contributed by atoms with Crippen molar-refractivity contribution < 1.29 is 4.79 Å². The average Bonchev–Trinajstić information content (AvgIpc) is 3.08. The van der Waals surface area contributed by atoms with Gasteiger partial charge in [-0.25, -0.2) is 0 Å².